The van der Waals surface area contributed by atoms with Crippen molar-refractivity contribution < 1.29 is 4.79 Å². The number of hydrogen-bond donors (Lipinski definition) is 1. The zero-order valence-corrected chi connectivity index (χ0v) is 14.2. The molecule has 0 radical (unpaired) electrons. The van der Waals surface area contributed by atoms with Crippen molar-refractivity contribution in [2.75, 3.05) is 0 Å². The molecule has 3 atom stereocenters. The molecule has 1 aromatic carbocycles. The number of carbonyl (C=O) groups excluding carboxylic acids is 1. The first-order chi connectivity index (χ1) is 9.75. The van der Waals surface area contributed by atoms with Crippen molar-refractivity contribution in [2.45, 2.75) is 46.1 Å². The summed E-state index contributed by atoms with van der Waals surface area (Å²) in [6.45, 7) is 6.99. The van der Waals surface area contributed by atoms with E-state index >= 15 is 0 Å². The SMILES string of the molecule is CC1(C)[C@H]2CC[C@]1(C)[C@H](NC(=O)c1ccc(Cl)cc1Cl)C2. The molecular formula is C17H21Cl2NO. The molecule has 2 aliphatic rings. The summed E-state index contributed by atoms with van der Waals surface area (Å²) >= 11 is 12.0. The predicted molar refractivity (Wildman–Crippen MR) is 86.9 cm³/mol. The fraction of sp³-hybridized carbons (Fsp3) is 0.588. The number of benzene rings is 1. The van der Waals surface area contributed by atoms with E-state index in [1.54, 1.807) is 18.2 Å². The van der Waals surface area contributed by atoms with Crippen molar-refractivity contribution in [3.8, 4) is 0 Å². The first-order valence-electron chi connectivity index (χ1n) is 7.51. The lowest BCUT2D eigenvalue weighted by Crippen LogP contribution is -2.46. The lowest BCUT2D eigenvalue weighted by molar-refractivity contribution is 0.0826. The van der Waals surface area contributed by atoms with Crippen LogP contribution in [-0.2, 0) is 0 Å². The van der Waals surface area contributed by atoms with Crippen LogP contribution in [0.2, 0.25) is 10.0 Å². The maximum Gasteiger partial charge on any atom is 0.253 e. The van der Waals surface area contributed by atoms with Gasteiger partial charge in [-0.25, -0.2) is 0 Å². The standard InChI is InChI=1S/C17H21Cl2NO/c1-16(2)10-6-7-17(16,3)14(8-10)20-15(21)12-5-4-11(18)9-13(12)19/h4-5,9-10,14H,6-8H2,1-3H3,(H,20,21)/t10-,14+,17+/m0/s1. The monoisotopic (exact) mass is 325 g/mol. The second kappa shape index (κ2) is 4.89. The van der Waals surface area contributed by atoms with E-state index in [-0.39, 0.29) is 22.8 Å². The number of rotatable bonds is 2. The summed E-state index contributed by atoms with van der Waals surface area (Å²) in [5.74, 6) is 0.611. The summed E-state index contributed by atoms with van der Waals surface area (Å²) in [6.07, 6.45) is 3.53. The van der Waals surface area contributed by atoms with Gasteiger partial charge in [0, 0.05) is 11.1 Å². The van der Waals surface area contributed by atoms with Crippen molar-refractivity contribution >= 4 is 29.1 Å². The van der Waals surface area contributed by atoms with Crippen LogP contribution in [0.1, 0.15) is 50.4 Å². The van der Waals surface area contributed by atoms with E-state index in [9.17, 15) is 4.79 Å². The third kappa shape index (κ3) is 2.19. The van der Waals surface area contributed by atoms with Crippen molar-refractivity contribution in [1.82, 2.24) is 5.32 Å². The molecule has 1 amide bonds. The lowest BCUT2D eigenvalue weighted by Gasteiger charge is -2.39. The largest absolute Gasteiger partial charge is 0.349 e. The molecule has 1 N–H and O–H groups in total. The van der Waals surface area contributed by atoms with Gasteiger partial charge in [0.1, 0.15) is 0 Å². The molecule has 2 fully saturated rings. The zero-order chi connectivity index (χ0) is 15.4. The summed E-state index contributed by atoms with van der Waals surface area (Å²) in [6, 6.07) is 5.24. The molecule has 114 valence electrons. The van der Waals surface area contributed by atoms with Gasteiger partial charge in [-0.15, -0.1) is 0 Å². The molecule has 0 heterocycles. The molecule has 2 aliphatic carbocycles. The highest BCUT2D eigenvalue weighted by Gasteiger charge is 2.61. The van der Waals surface area contributed by atoms with Crippen molar-refractivity contribution in [2.24, 2.45) is 16.7 Å². The molecule has 0 unspecified atom stereocenters. The zero-order valence-electron chi connectivity index (χ0n) is 12.7. The quantitative estimate of drug-likeness (QED) is 0.819. The molecular weight excluding hydrogens is 305 g/mol. The fourth-order valence-electron chi connectivity index (χ4n) is 4.33. The number of fused-ring (bicyclic) bond motifs is 2. The van der Waals surface area contributed by atoms with Gasteiger partial charge in [-0.1, -0.05) is 44.0 Å². The topological polar surface area (TPSA) is 29.1 Å². The predicted octanol–water partition coefficient (Wildman–Crippen LogP) is 4.94. The third-order valence-electron chi connectivity index (χ3n) is 6.28. The first-order valence-corrected chi connectivity index (χ1v) is 8.27. The molecule has 3 rings (SSSR count). The van der Waals surface area contributed by atoms with E-state index in [0.29, 0.717) is 21.5 Å². The smallest absolute Gasteiger partial charge is 0.253 e. The maximum absolute atomic E-state index is 12.5. The summed E-state index contributed by atoms with van der Waals surface area (Å²) in [7, 11) is 0. The Bertz CT molecular complexity index is 598. The van der Waals surface area contributed by atoms with Gasteiger partial charge in [-0.2, -0.15) is 0 Å². The van der Waals surface area contributed by atoms with Gasteiger partial charge in [0.15, 0.2) is 0 Å². The van der Waals surface area contributed by atoms with Crippen molar-refractivity contribution in [3.05, 3.63) is 33.8 Å². The van der Waals surface area contributed by atoms with E-state index in [0.717, 1.165) is 6.42 Å². The highest BCUT2D eigenvalue weighted by atomic mass is 35.5. The fourth-order valence-corrected chi connectivity index (χ4v) is 4.83. The van der Waals surface area contributed by atoms with Gasteiger partial charge in [0.25, 0.3) is 5.91 Å². The van der Waals surface area contributed by atoms with Gasteiger partial charge in [-0.05, 0) is 54.2 Å². The molecule has 2 bridgehead atoms. The van der Waals surface area contributed by atoms with Crippen LogP contribution >= 0.6 is 23.2 Å². The van der Waals surface area contributed by atoms with Gasteiger partial charge < -0.3 is 5.32 Å². The molecule has 0 saturated heterocycles. The normalized spacial score (nSPS) is 33.2. The van der Waals surface area contributed by atoms with Gasteiger partial charge in [0.2, 0.25) is 0 Å². The Kier molecular flexibility index (Phi) is 3.53. The van der Waals surface area contributed by atoms with Crippen LogP contribution in [0.4, 0.5) is 0 Å². The number of carbonyl (C=O) groups is 1. The first kappa shape index (κ1) is 15.2. The molecule has 2 saturated carbocycles. The van der Waals surface area contributed by atoms with Gasteiger partial charge in [-0.3, -0.25) is 4.79 Å². The number of halogens is 2. The summed E-state index contributed by atoms with van der Waals surface area (Å²) < 4.78 is 0. The minimum Gasteiger partial charge on any atom is -0.349 e. The summed E-state index contributed by atoms with van der Waals surface area (Å²) in [5, 5.41) is 4.17. The number of hydrogen-bond acceptors (Lipinski definition) is 1. The Balaban J connectivity index is 1.80. The van der Waals surface area contributed by atoms with Crippen LogP contribution in [0.25, 0.3) is 0 Å². The average Bonchev–Trinajstić information content (AvgIpc) is 2.71. The Labute approximate surface area is 136 Å². The van der Waals surface area contributed by atoms with E-state index in [2.05, 4.69) is 26.1 Å². The molecule has 0 aliphatic heterocycles. The van der Waals surface area contributed by atoms with Crippen LogP contribution in [-0.4, -0.2) is 11.9 Å². The van der Waals surface area contributed by atoms with E-state index in [1.165, 1.54) is 12.8 Å². The van der Waals surface area contributed by atoms with Gasteiger partial charge >= 0.3 is 0 Å². The van der Waals surface area contributed by atoms with E-state index < -0.39 is 0 Å². The van der Waals surface area contributed by atoms with E-state index in [4.69, 9.17) is 23.2 Å². The lowest BCUT2D eigenvalue weighted by atomic mass is 9.69. The minimum atomic E-state index is -0.0914. The molecule has 0 aromatic heterocycles. The number of nitrogens with one attached hydrogen (secondary N) is 1. The number of amides is 1. The average molecular weight is 326 g/mol. The summed E-state index contributed by atoms with van der Waals surface area (Å²) in [4.78, 5) is 12.5. The molecule has 21 heavy (non-hydrogen) atoms. The van der Waals surface area contributed by atoms with Crippen molar-refractivity contribution in [1.29, 1.82) is 0 Å². The Morgan fingerprint density at radius 2 is 2.00 bits per heavy atom. The Hall–Kier alpha value is -0.730. The molecule has 0 spiro atoms. The Morgan fingerprint density at radius 1 is 1.29 bits per heavy atom. The highest BCUT2D eigenvalue weighted by molar-refractivity contribution is 6.36. The van der Waals surface area contributed by atoms with Crippen molar-refractivity contribution in [3.63, 3.8) is 0 Å². The maximum atomic E-state index is 12.5. The Morgan fingerprint density at radius 3 is 2.52 bits per heavy atom. The third-order valence-corrected chi connectivity index (χ3v) is 6.82. The minimum absolute atomic E-state index is 0.0914. The highest BCUT2D eigenvalue weighted by Crippen LogP contribution is 2.65. The summed E-state index contributed by atoms with van der Waals surface area (Å²) in [5.41, 5.74) is 0.964. The van der Waals surface area contributed by atoms with Crippen LogP contribution in [0.3, 0.4) is 0 Å². The van der Waals surface area contributed by atoms with Crippen LogP contribution in [0, 0.1) is 16.7 Å². The van der Waals surface area contributed by atoms with Crippen LogP contribution in [0.15, 0.2) is 18.2 Å². The second-order valence-electron chi connectivity index (χ2n) is 7.26. The molecule has 4 heteroatoms. The molecule has 2 nitrogen and oxygen atoms in total. The van der Waals surface area contributed by atoms with Crippen LogP contribution in [0.5, 0.6) is 0 Å². The van der Waals surface area contributed by atoms with E-state index in [1.807, 2.05) is 0 Å². The molecule has 1 aromatic rings. The van der Waals surface area contributed by atoms with Gasteiger partial charge in [0.05, 0.1) is 10.6 Å². The second-order valence-corrected chi connectivity index (χ2v) is 8.10. The van der Waals surface area contributed by atoms with Crippen LogP contribution < -0.4 is 5.32 Å².